The lowest BCUT2D eigenvalue weighted by molar-refractivity contribution is 0.0343. The Morgan fingerprint density at radius 1 is 1.09 bits per heavy atom. The largest absolute Gasteiger partial charge is 0.379 e. The van der Waals surface area contributed by atoms with Crippen LogP contribution in [0, 0.1) is 19.7 Å². The van der Waals surface area contributed by atoms with E-state index >= 15 is 0 Å². The van der Waals surface area contributed by atoms with Gasteiger partial charge in [-0.3, -0.25) is 10.00 Å². The molecule has 32 heavy (non-hydrogen) atoms. The van der Waals surface area contributed by atoms with Crippen molar-refractivity contribution in [3.8, 4) is 0 Å². The highest BCUT2D eigenvalue weighted by atomic mass is 19.1. The number of aromatic nitrogens is 5. The fraction of sp³-hybridized carbons (Fsp3) is 0.348. The Balaban J connectivity index is 1.55. The molecule has 0 atom stereocenters. The predicted molar refractivity (Wildman–Crippen MR) is 120 cm³/mol. The number of H-pyrrole nitrogens is 1. The molecule has 0 aliphatic carbocycles. The highest BCUT2D eigenvalue weighted by Crippen LogP contribution is 2.24. The second-order valence-corrected chi connectivity index (χ2v) is 8.19. The van der Waals surface area contributed by atoms with E-state index in [9.17, 15) is 4.39 Å². The molecule has 9 heteroatoms. The summed E-state index contributed by atoms with van der Waals surface area (Å²) in [6.45, 7) is 7.96. The third kappa shape index (κ3) is 4.35. The third-order valence-electron chi connectivity index (χ3n) is 5.70. The SMILES string of the molecule is Cc1cc(Nc2cc(CN3CCOCC3)c3nc(C)c(Cc4ccc(F)cc4)n3n2)n[nH]1. The van der Waals surface area contributed by atoms with Gasteiger partial charge >= 0.3 is 0 Å². The van der Waals surface area contributed by atoms with Gasteiger partial charge in [0.2, 0.25) is 0 Å². The van der Waals surface area contributed by atoms with Crippen LogP contribution in [0.5, 0.6) is 0 Å². The van der Waals surface area contributed by atoms with E-state index in [1.54, 1.807) is 12.1 Å². The van der Waals surface area contributed by atoms with Gasteiger partial charge in [-0.2, -0.15) is 5.10 Å². The van der Waals surface area contributed by atoms with Crippen molar-refractivity contribution in [1.29, 1.82) is 0 Å². The number of fused-ring (bicyclic) bond motifs is 1. The van der Waals surface area contributed by atoms with E-state index in [0.717, 1.165) is 66.7 Å². The standard InChI is InChI=1S/C23H26FN7O/c1-15-11-21(28-27-15)26-22-13-18(14-30-7-9-32-10-8-30)23-25-16(2)20(31(23)29-22)12-17-3-5-19(24)6-4-17/h3-6,11,13H,7-10,12,14H2,1-2H3,(H2,26,27,28,29). The first-order chi connectivity index (χ1) is 15.5. The van der Waals surface area contributed by atoms with Crippen molar-refractivity contribution >= 4 is 17.3 Å². The maximum Gasteiger partial charge on any atom is 0.158 e. The quantitative estimate of drug-likeness (QED) is 0.483. The van der Waals surface area contributed by atoms with Crippen LogP contribution in [0.25, 0.3) is 5.65 Å². The zero-order valence-electron chi connectivity index (χ0n) is 18.2. The summed E-state index contributed by atoms with van der Waals surface area (Å²) in [5.41, 5.74) is 5.81. The summed E-state index contributed by atoms with van der Waals surface area (Å²) >= 11 is 0. The van der Waals surface area contributed by atoms with Gasteiger partial charge in [0.15, 0.2) is 17.3 Å². The molecule has 4 heterocycles. The maximum absolute atomic E-state index is 13.4. The van der Waals surface area contributed by atoms with E-state index in [4.69, 9.17) is 14.8 Å². The smallest absolute Gasteiger partial charge is 0.158 e. The van der Waals surface area contributed by atoms with E-state index in [1.165, 1.54) is 12.1 Å². The number of nitrogens with one attached hydrogen (secondary N) is 2. The van der Waals surface area contributed by atoms with E-state index in [-0.39, 0.29) is 5.82 Å². The third-order valence-corrected chi connectivity index (χ3v) is 5.70. The Hall–Kier alpha value is -3.30. The molecule has 0 unspecified atom stereocenters. The van der Waals surface area contributed by atoms with Crippen LogP contribution in [0.2, 0.25) is 0 Å². The van der Waals surface area contributed by atoms with Crippen LogP contribution >= 0.6 is 0 Å². The van der Waals surface area contributed by atoms with Crippen LogP contribution in [-0.2, 0) is 17.7 Å². The molecule has 3 aromatic heterocycles. The first kappa shape index (κ1) is 20.6. The number of hydrogen-bond acceptors (Lipinski definition) is 6. The monoisotopic (exact) mass is 435 g/mol. The molecule has 1 aromatic carbocycles. The number of halogens is 1. The highest BCUT2D eigenvalue weighted by Gasteiger charge is 2.19. The molecule has 1 fully saturated rings. The van der Waals surface area contributed by atoms with Crippen LogP contribution in [0.3, 0.4) is 0 Å². The predicted octanol–water partition coefficient (Wildman–Crippen LogP) is 3.37. The molecule has 4 aromatic rings. The number of hydrogen-bond donors (Lipinski definition) is 2. The molecular weight excluding hydrogens is 409 g/mol. The van der Waals surface area contributed by atoms with Crippen molar-refractivity contribution in [2.75, 3.05) is 31.6 Å². The van der Waals surface area contributed by atoms with Crippen molar-refractivity contribution in [2.24, 2.45) is 0 Å². The minimum atomic E-state index is -0.240. The molecule has 1 aliphatic rings. The van der Waals surface area contributed by atoms with Crippen LogP contribution < -0.4 is 5.32 Å². The molecule has 0 radical (unpaired) electrons. The van der Waals surface area contributed by atoms with Gasteiger partial charge in [0.25, 0.3) is 0 Å². The van der Waals surface area contributed by atoms with Gasteiger partial charge in [0, 0.05) is 43.4 Å². The van der Waals surface area contributed by atoms with Crippen LogP contribution in [-0.4, -0.2) is 56.0 Å². The first-order valence-corrected chi connectivity index (χ1v) is 10.8. The molecule has 0 bridgehead atoms. The number of aromatic amines is 1. The number of aryl methyl sites for hydroxylation is 2. The lowest BCUT2D eigenvalue weighted by Gasteiger charge is -2.26. The highest BCUT2D eigenvalue weighted by molar-refractivity contribution is 5.59. The molecule has 0 amide bonds. The summed E-state index contributed by atoms with van der Waals surface area (Å²) in [6.07, 6.45) is 0.613. The van der Waals surface area contributed by atoms with Crippen molar-refractivity contribution < 1.29 is 9.13 Å². The lowest BCUT2D eigenvalue weighted by Crippen LogP contribution is -2.35. The van der Waals surface area contributed by atoms with Gasteiger partial charge in [-0.1, -0.05) is 12.1 Å². The van der Waals surface area contributed by atoms with E-state index in [2.05, 4.69) is 20.4 Å². The Kier molecular flexibility index (Phi) is 5.59. The van der Waals surface area contributed by atoms with Crippen molar-refractivity contribution in [3.63, 3.8) is 0 Å². The molecule has 1 aliphatic heterocycles. The van der Waals surface area contributed by atoms with Crippen LogP contribution in [0.15, 0.2) is 36.4 Å². The number of imidazole rings is 1. The fourth-order valence-corrected chi connectivity index (χ4v) is 4.02. The second-order valence-electron chi connectivity index (χ2n) is 8.19. The number of morpholine rings is 1. The molecule has 8 nitrogen and oxygen atoms in total. The minimum absolute atomic E-state index is 0.240. The average Bonchev–Trinajstić information content (AvgIpc) is 3.33. The normalized spacial score (nSPS) is 14.8. The Labute approximate surface area is 185 Å². The van der Waals surface area contributed by atoms with Gasteiger partial charge < -0.3 is 10.1 Å². The maximum atomic E-state index is 13.4. The molecule has 2 N–H and O–H groups in total. The lowest BCUT2D eigenvalue weighted by atomic mass is 10.1. The molecule has 5 rings (SSSR count). The van der Waals surface area contributed by atoms with Gasteiger partial charge in [-0.15, -0.1) is 5.10 Å². The topological polar surface area (TPSA) is 83.4 Å². The molecular formula is C23H26FN7O. The van der Waals surface area contributed by atoms with Crippen molar-refractivity contribution in [2.45, 2.75) is 26.8 Å². The minimum Gasteiger partial charge on any atom is -0.379 e. The summed E-state index contributed by atoms with van der Waals surface area (Å²) in [7, 11) is 0. The summed E-state index contributed by atoms with van der Waals surface area (Å²) in [5, 5.41) is 15.4. The van der Waals surface area contributed by atoms with Crippen molar-refractivity contribution in [3.05, 3.63) is 70.4 Å². The van der Waals surface area contributed by atoms with Crippen molar-refractivity contribution in [1.82, 2.24) is 29.7 Å². The Bertz CT molecular complexity index is 1230. The Morgan fingerprint density at radius 3 is 2.59 bits per heavy atom. The summed E-state index contributed by atoms with van der Waals surface area (Å²) in [4.78, 5) is 7.23. The van der Waals surface area contributed by atoms with E-state index in [0.29, 0.717) is 18.1 Å². The zero-order valence-corrected chi connectivity index (χ0v) is 18.2. The zero-order chi connectivity index (χ0) is 22.1. The first-order valence-electron chi connectivity index (χ1n) is 10.8. The number of nitrogens with zero attached hydrogens (tertiary/aromatic N) is 5. The summed E-state index contributed by atoms with van der Waals surface area (Å²) in [5.74, 6) is 1.17. The molecule has 0 saturated carbocycles. The number of benzene rings is 1. The van der Waals surface area contributed by atoms with Gasteiger partial charge in [0.1, 0.15) is 5.82 Å². The molecule has 0 spiro atoms. The van der Waals surface area contributed by atoms with Gasteiger partial charge in [-0.05, 0) is 37.6 Å². The number of anilines is 2. The molecule has 1 saturated heterocycles. The van der Waals surface area contributed by atoms with Crippen LogP contribution in [0.1, 0.15) is 28.2 Å². The van der Waals surface area contributed by atoms with E-state index < -0.39 is 0 Å². The van der Waals surface area contributed by atoms with Crippen LogP contribution in [0.4, 0.5) is 16.0 Å². The summed E-state index contributed by atoms with van der Waals surface area (Å²) < 4.78 is 20.8. The molecule has 166 valence electrons. The number of ether oxygens (including phenoxy) is 1. The summed E-state index contributed by atoms with van der Waals surface area (Å²) in [6, 6.07) is 10.6. The van der Waals surface area contributed by atoms with Gasteiger partial charge in [-0.25, -0.2) is 13.9 Å². The second kappa shape index (κ2) is 8.68. The van der Waals surface area contributed by atoms with Gasteiger partial charge in [0.05, 0.1) is 24.6 Å². The average molecular weight is 436 g/mol. The van der Waals surface area contributed by atoms with E-state index in [1.807, 2.05) is 30.5 Å². The Morgan fingerprint density at radius 2 is 1.88 bits per heavy atom. The number of rotatable bonds is 6. The fourth-order valence-electron chi connectivity index (χ4n) is 4.02.